The van der Waals surface area contributed by atoms with Crippen LogP contribution in [-0.4, -0.2) is 17.0 Å². The van der Waals surface area contributed by atoms with E-state index in [1.165, 1.54) is 17.6 Å². The molecule has 122 valence electrons. The monoisotopic (exact) mass is 302 g/mol. The molecule has 1 N–H and O–H groups in total. The largest absolute Gasteiger partial charge is 0.384 e. The Morgan fingerprint density at radius 2 is 1.95 bits per heavy atom. The summed E-state index contributed by atoms with van der Waals surface area (Å²) in [7, 11) is 0. The first-order chi connectivity index (χ1) is 10.4. The smallest absolute Gasteiger partial charge is 0.187 e. The summed E-state index contributed by atoms with van der Waals surface area (Å²) in [4.78, 5) is 12.8. The van der Waals surface area contributed by atoms with Gasteiger partial charge in [-0.1, -0.05) is 31.1 Å². The zero-order valence-electron chi connectivity index (χ0n) is 14.5. The van der Waals surface area contributed by atoms with Gasteiger partial charge >= 0.3 is 0 Å². The fourth-order valence-corrected chi connectivity index (χ4v) is 5.29. The number of hydrogen-bond donors (Lipinski definition) is 1. The van der Waals surface area contributed by atoms with Gasteiger partial charge in [-0.05, 0) is 75.7 Å². The van der Waals surface area contributed by atoms with Crippen LogP contribution in [0.4, 0.5) is 0 Å². The lowest BCUT2D eigenvalue weighted by molar-refractivity contribution is -0.133. The second-order valence-electron chi connectivity index (χ2n) is 8.23. The Hall–Kier alpha value is -0.890. The summed E-state index contributed by atoms with van der Waals surface area (Å²) in [6.45, 7) is 8.84. The minimum absolute atomic E-state index is 0.0185. The number of allylic oxidation sites excluding steroid dienone is 3. The van der Waals surface area contributed by atoms with Crippen molar-refractivity contribution in [3.8, 4) is 0 Å². The zero-order valence-corrected chi connectivity index (χ0v) is 14.5. The predicted molar refractivity (Wildman–Crippen MR) is 89.4 cm³/mol. The first kappa shape index (κ1) is 16.0. The number of aliphatic hydroxyl groups is 1. The van der Waals surface area contributed by atoms with Gasteiger partial charge in [0.15, 0.2) is 5.78 Å². The third kappa shape index (κ3) is 2.31. The van der Waals surface area contributed by atoms with Gasteiger partial charge < -0.3 is 5.11 Å². The van der Waals surface area contributed by atoms with Gasteiger partial charge in [0.25, 0.3) is 0 Å². The van der Waals surface area contributed by atoms with Crippen LogP contribution in [0.25, 0.3) is 0 Å². The lowest BCUT2D eigenvalue weighted by Gasteiger charge is -2.43. The summed E-state index contributed by atoms with van der Waals surface area (Å²) in [5, 5.41) is 10.7. The highest BCUT2D eigenvalue weighted by molar-refractivity contribution is 6.01. The standard InChI is InChI=1S/C20H30O2/c1-12-6-5-7-13(2)15-10-11-20(4)17(15)14(3)16(9-8-12)18(21)19(20)22/h7,12,15,17,19,22H,5-6,8-11H2,1-4H3/b13-7-/t12-,15?,17+,19-,20-/m0/s1. The molecular weight excluding hydrogens is 272 g/mol. The van der Waals surface area contributed by atoms with Crippen molar-refractivity contribution >= 4 is 5.78 Å². The van der Waals surface area contributed by atoms with Crippen LogP contribution in [0.3, 0.4) is 0 Å². The van der Waals surface area contributed by atoms with Crippen molar-refractivity contribution in [1.29, 1.82) is 0 Å². The van der Waals surface area contributed by atoms with Crippen LogP contribution in [0.5, 0.6) is 0 Å². The summed E-state index contributed by atoms with van der Waals surface area (Å²) >= 11 is 0. The van der Waals surface area contributed by atoms with E-state index in [4.69, 9.17) is 0 Å². The van der Waals surface area contributed by atoms with E-state index in [0.29, 0.717) is 17.8 Å². The van der Waals surface area contributed by atoms with Gasteiger partial charge in [-0.15, -0.1) is 0 Å². The first-order valence-electron chi connectivity index (χ1n) is 8.95. The second kappa shape index (κ2) is 5.63. The molecule has 0 saturated heterocycles. The summed E-state index contributed by atoms with van der Waals surface area (Å²) in [6, 6.07) is 0. The lowest BCUT2D eigenvalue weighted by Crippen LogP contribution is -2.48. The molecule has 1 saturated carbocycles. The maximum atomic E-state index is 12.8. The van der Waals surface area contributed by atoms with Crippen molar-refractivity contribution in [2.24, 2.45) is 23.2 Å². The van der Waals surface area contributed by atoms with Crippen molar-refractivity contribution in [3.05, 3.63) is 22.8 Å². The molecular formula is C20H30O2. The van der Waals surface area contributed by atoms with Crippen molar-refractivity contribution in [2.45, 2.75) is 72.3 Å². The Balaban J connectivity index is 2.11. The molecule has 0 aliphatic heterocycles. The number of carbonyl (C=O) groups excluding carboxylic acids is 1. The van der Waals surface area contributed by atoms with Crippen LogP contribution >= 0.6 is 0 Å². The van der Waals surface area contributed by atoms with Gasteiger partial charge in [0, 0.05) is 5.41 Å². The van der Waals surface area contributed by atoms with Gasteiger partial charge in [-0.2, -0.15) is 0 Å². The van der Waals surface area contributed by atoms with E-state index in [1.807, 2.05) is 0 Å². The Morgan fingerprint density at radius 3 is 2.68 bits per heavy atom. The van der Waals surface area contributed by atoms with Crippen LogP contribution in [0.1, 0.15) is 66.2 Å². The molecule has 2 bridgehead atoms. The van der Waals surface area contributed by atoms with Crippen LogP contribution < -0.4 is 0 Å². The normalized spacial score (nSPS) is 45.3. The third-order valence-electron chi connectivity index (χ3n) is 6.82. The van der Waals surface area contributed by atoms with E-state index in [1.54, 1.807) is 0 Å². The molecule has 3 rings (SSSR count). The molecule has 1 fully saturated rings. The molecule has 1 unspecified atom stereocenters. The van der Waals surface area contributed by atoms with E-state index in [2.05, 4.69) is 33.8 Å². The molecule has 0 aromatic rings. The Morgan fingerprint density at radius 1 is 1.23 bits per heavy atom. The molecule has 0 radical (unpaired) electrons. The van der Waals surface area contributed by atoms with Gasteiger partial charge in [0.05, 0.1) is 0 Å². The highest BCUT2D eigenvalue weighted by Gasteiger charge is 2.56. The quantitative estimate of drug-likeness (QED) is 0.672. The van der Waals surface area contributed by atoms with Crippen molar-refractivity contribution in [3.63, 3.8) is 0 Å². The van der Waals surface area contributed by atoms with Crippen LogP contribution in [0.15, 0.2) is 22.8 Å². The average molecular weight is 302 g/mol. The molecule has 3 aliphatic rings. The number of ketones is 1. The van der Waals surface area contributed by atoms with Crippen LogP contribution in [0.2, 0.25) is 0 Å². The van der Waals surface area contributed by atoms with Crippen molar-refractivity contribution in [1.82, 2.24) is 0 Å². The van der Waals surface area contributed by atoms with Crippen molar-refractivity contribution in [2.75, 3.05) is 0 Å². The first-order valence-corrected chi connectivity index (χ1v) is 8.95. The lowest BCUT2D eigenvalue weighted by atomic mass is 9.62. The predicted octanol–water partition coefficient (Wildman–Crippen LogP) is 4.44. The molecule has 5 atom stereocenters. The minimum Gasteiger partial charge on any atom is -0.384 e. The van der Waals surface area contributed by atoms with Crippen LogP contribution in [-0.2, 0) is 4.79 Å². The second-order valence-corrected chi connectivity index (χ2v) is 8.23. The third-order valence-corrected chi connectivity index (χ3v) is 6.82. The Labute approximate surface area is 134 Å². The molecule has 0 amide bonds. The van der Waals surface area contributed by atoms with E-state index in [9.17, 15) is 9.90 Å². The van der Waals surface area contributed by atoms with Crippen molar-refractivity contribution < 1.29 is 9.90 Å². The number of hydrogen-bond acceptors (Lipinski definition) is 2. The number of rotatable bonds is 0. The fraction of sp³-hybridized carbons (Fsp3) is 0.750. The number of Topliss-reactive ketones (excluding diaryl/α,β-unsaturated/α-hetero) is 1. The number of carbonyl (C=O) groups is 1. The fourth-order valence-electron chi connectivity index (χ4n) is 5.29. The molecule has 0 spiro atoms. The topological polar surface area (TPSA) is 37.3 Å². The van der Waals surface area contributed by atoms with Crippen LogP contribution in [0, 0.1) is 23.2 Å². The highest BCUT2D eigenvalue weighted by Crippen LogP contribution is 2.58. The minimum atomic E-state index is -0.801. The molecule has 0 heterocycles. The SMILES string of the molecule is CC1=C2CC[C@@H](C)CC/C=C(/C)C3CC[C@@](C)([C@H]13)[C@@H](O)C2=O. The maximum absolute atomic E-state index is 12.8. The van der Waals surface area contributed by atoms with Gasteiger partial charge in [0.1, 0.15) is 6.10 Å². The Kier molecular flexibility index (Phi) is 4.09. The molecule has 2 heteroatoms. The maximum Gasteiger partial charge on any atom is 0.187 e. The highest BCUT2D eigenvalue weighted by atomic mass is 16.3. The molecule has 22 heavy (non-hydrogen) atoms. The van der Waals surface area contributed by atoms with Gasteiger partial charge in [-0.25, -0.2) is 0 Å². The van der Waals surface area contributed by atoms with Gasteiger partial charge in [-0.3, -0.25) is 4.79 Å². The van der Waals surface area contributed by atoms with E-state index in [-0.39, 0.29) is 11.2 Å². The van der Waals surface area contributed by atoms with E-state index < -0.39 is 6.10 Å². The van der Waals surface area contributed by atoms with E-state index in [0.717, 1.165) is 37.7 Å². The molecule has 0 aromatic carbocycles. The Bertz CT molecular complexity index is 542. The van der Waals surface area contributed by atoms with Gasteiger partial charge in [0.2, 0.25) is 0 Å². The zero-order chi connectivity index (χ0) is 16.1. The average Bonchev–Trinajstić information content (AvgIpc) is 2.83. The van der Waals surface area contributed by atoms with E-state index >= 15 is 0 Å². The number of aliphatic hydroxyl groups excluding tert-OH is 1. The summed E-state index contributed by atoms with van der Waals surface area (Å²) in [5.41, 5.74) is 3.44. The molecule has 0 aromatic heterocycles. The molecule has 3 aliphatic carbocycles. The molecule has 2 nitrogen and oxygen atoms in total. The summed E-state index contributed by atoms with van der Waals surface area (Å²) in [6.07, 6.45) is 7.95. The summed E-state index contributed by atoms with van der Waals surface area (Å²) in [5.74, 6) is 1.52. The summed E-state index contributed by atoms with van der Waals surface area (Å²) < 4.78 is 0.